The zero-order valence-corrected chi connectivity index (χ0v) is 15.9. The van der Waals surface area contributed by atoms with Crippen molar-refractivity contribution in [3.05, 3.63) is 58.6 Å². The van der Waals surface area contributed by atoms with Crippen LogP contribution < -0.4 is 0 Å². The highest BCUT2D eigenvalue weighted by Gasteiger charge is 2.23. The fourth-order valence-electron chi connectivity index (χ4n) is 2.94. The van der Waals surface area contributed by atoms with Crippen LogP contribution in [0.4, 0.5) is 0 Å². The van der Waals surface area contributed by atoms with Gasteiger partial charge in [0.25, 0.3) is 0 Å². The Balaban J connectivity index is 1.79. The summed E-state index contributed by atoms with van der Waals surface area (Å²) < 4.78 is 16.6. The van der Waals surface area contributed by atoms with E-state index in [1.165, 1.54) is 0 Å². The van der Waals surface area contributed by atoms with Gasteiger partial charge in [0.05, 0.1) is 12.7 Å². The molecule has 0 saturated heterocycles. The number of para-hydroxylation sites is 1. The summed E-state index contributed by atoms with van der Waals surface area (Å²) in [6.45, 7) is 7.38. The van der Waals surface area contributed by atoms with Gasteiger partial charge < -0.3 is 18.9 Å². The summed E-state index contributed by atoms with van der Waals surface area (Å²) in [7, 11) is 0. The van der Waals surface area contributed by atoms with Crippen LogP contribution in [0.2, 0.25) is 0 Å². The van der Waals surface area contributed by atoms with E-state index in [0.717, 1.165) is 16.8 Å². The lowest BCUT2D eigenvalue weighted by atomic mass is 10.1. The third-order valence-electron chi connectivity index (χ3n) is 4.23. The van der Waals surface area contributed by atoms with Crippen LogP contribution in [0.25, 0.3) is 11.0 Å². The van der Waals surface area contributed by atoms with Crippen LogP contribution in [-0.2, 0) is 16.1 Å². The lowest BCUT2D eigenvalue weighted by Crippen LogP contribution is -2.15. The Hall–Kier alpha value is -2.86. The lowest BCUT2D eigenvalue weighted by molar-refractivity contribution is 0.0423. The third kappa shape index (κ3) is 4.11. The van der Waals surface area contributed by atoms with Crippen molar-refractivity contribution in [1.82, 2.24) is 4.98 Å². The van der Waals surface area contributed by atoms with E-state index in [2.05, 4.69) is 4.98 Å². The molecule has 0 bridgehead atoms. The fourth-order valence-corrected chi connectivity index (χ4v) is 2.94. The molecule has 2 aromatic heterocycles. The third-order valence-corrected chi connectivity index (χ3v) is 4.23. The van der Waals surface area contributed by atoms with Gasteiger partial charge in [0.2, 0.25) is 11.5 Å². The molecule has 0 atom stereocenters. The Morgan fingerprint density at radius 3 is 2.59 bits per heavy atom. The second kappa shape index (κ2) is 7.80. The summed E-state index contributed by atoms with van der Waals surface area (Å²) in [5, 5.41) is 0.800. The molecule has 3 aromatic rings. The molecule has 0 amide bonds. The summed E-state index contributed by atoms with van der Waals surface area (Å²) in [6.07, 6.45) is 0.00363. The topological polar surface area (TPSA) is 81.5 Å². The molecule has 6 nitrogen and oxygen atoms in total. The Morgan fingerprint density at radius 2 is 1.93 bits per heavy atom. The highest BCUT2D eigenvalue weighted by molar-refractivity contribution is 6.01. The highest BCUT2D eigenvalue weighted by atomic mass is 16.5. The molecular formula is C21H23NO5. The molecule has 0 aliphatic carbocycles. The first-order valence-corrected chi connectivity index (χ1v) is 8.85. The van der Waals surface area contributed by atoms with Crippen molar-refractivity contribution in [2.45, 2.75) is 40.4 Å². The number of aromatic amines is 1. The number of hydrogen-bond acceptors (Lipinski definition) is 5. The van der Waals surface area contributed by atoms with Crippen LogP contribution in [0.5, 0.6) is 0 Å². The van der Waals surface area contributed by atoms with Crippen molar-refractivity contribution >= 4 is 22.7 Å². The summed E-state index contributed by atoms with van der Waals surface area (Å²) >= 11 is 0. The molecule has 0 saturated carbocycles. The maximum atomic E-state index is 12.6. The van der Waals surface area contributed by atoms with Crippen LogP contribution in [0.3, 0.4) is 0 Å². The Kier molecular flexibility index (Phi) is 5.46. The van der Waals surface area contributed by atoms with Gasteiger partial charge in [-0.25, -0.2) is 4.79 Å². The number of carbonyl (C=O) groups excluding carboxylic acids is 2. The van der Waals surface area contributed by atoms with Crippen LogP contribution in [0.1, 0.15) is 51.7 Å². The van der Waals surface area contributed by atoms with Gasteiger partial charge in [0.1, 0.15) is 5.58 Å². The van der Waals surface area contributed by atoms with Crippen LogP contribution >= 0.6 is 0 Å². The standard InChI is InChI=1S/C21H23NO5/c1-12(2)25-10-17-15-7-5-6-8-19(15)27-20(17)21(24)26-11-18(23)16-9-13(3)22-14(16)4/h5-9,12,22H,10-11H2,1-4H3. The predicted molar refractivity (Wildman–Crippen MR) is 101 cm³/mol. The number of H-pyrrole nitrogens is 1. The maximum Gasteiger partial charge on any atom is 0.375 e. The van der Waals surface area contributed by atoms with Gasteiger partial charge >= 0.3 is 5.97 Å². The number of benzene rings is 1. The minimum Gasteiger partial charge on any atom is -0.451 e. The Morgan fingerprint density at radius 1 is 1.19 bits per heavy atom. The summed E-state index contributed by atoms with van der Waals surface area (Å²) in [5.74, 6) is -0.861. The number of Topliss-reactive ketones (excluding diaryl/α,β-unsaturated/α-hetero) is 1. The minimum absolute atomic E-state index is 0.00363. The van der Waals surface area contributed by atoms with E-state index < -0.39 is 5.97 Å². The van der Waals surface area contributed by atoms with E-state index in [4.69, 9.17) is 13.9 Å². The average Bonchev–Trinajstić information content (AvgIpc) is 3.17. The van der Waals surface area contributed by atoms with E-state index >= 15 is 0 Å². The van der Waals surface area contributed by atoms with Gasteiger partial charge in [-0.3, -0.25) is 4.79 Å². The van der Waals surface area contributed by atoms with Crippen molar-refractivity contribution in [2.75, 3.05) is 6.61 Å². The first-order chi connectivity index (χ1) is 12.9. The van der Waals surface area contributed by atoms with Crippen LogP contribution in [0.15, 0.2) is 34.7 Å². The molecule has 1 aromatic carbocycles. The first kappa shape index (κ1) is 18.9. The number of carbonyl (C=O) groups is 2. The van der Waals surface area contributed by atoms with Gasteiger partial charge in [-0.15, -0.1) is 0 Å². The molecule has 27 heavy (non-hydrogen) atoms. The monoisotopic (exact) mass is 369 g/mol. The summed E-state index contributed by atoms with van der Waals surface area (Å²) in [4.78, 5) is 28.0. The van der Waals surface area contributed by atoms with Gasteiger partial charge in [-0.05, 0) is 39.8 Å². The van der Waals surface area contributed by atoms with Crippen molar-refractivity contribution in [3.63, 3.8) is 0 Å². The molecule has 6 heteroatoms. The molecule has 142 valence electrons. The van der Waals surface area contributed by atoms with Gasteiger partial charge in [0.15, 0.2) is 6.61 Å². The van der Waals surface area contributed by atoms with E-state index in [1.54, 1.807) is 12.1 Å². The molecule has 0 unspecified atom stereocenters. The van der Waals surface area contributed by atoms with E-state index in [0.29, 0.717) is 16.7 Å². The minimum atomic E-state index is -0.674. The number of fused-ring (bicyclic) bond motifs is 1. The second-order valence-corrected chi connectivity index (χ2v) is 6.76. The number of aromatic nitrogens is 1. The van der Waals surface area contributed by atoms with E-state index in [1.807, 2.05) is 45.9 Å². The van der Waals surface area contributed by atoms with Gasteiger partial charge in [0, 0.05) is 27.9 Å². The number of hydrogen-bond donors (Lipinski definition) is 1. The number of nitrogens with one attached hydrogen (secondary N) is 1. The number of esters is 1. The van der Waals surface area contributed by atoms with E-state index in [-0.39, 0.29) is 30.9 Å². The molecule has 2 heterocycles. The quantitative estimate of drug-likeness (QED) is 0.495. The number of furan rings is 1. The van der Waals surface area contributed by atoms with Crippen molar-refractivity contribution in [2.24, 2.45) is 0 Å². The molecule has 0 spiro atoms. The number of ketones is 1. The largest absolute Gasteiger partial charge is 0.451 e. The summed E-state index contributed by atoms with van der Waals surface area (Å²) in [6, 6.07) is 9.09. The Bertz CT molecular complexity index is 980. The molecular weight excluding hydrogens is 346 g/mol. The number of rotatable bonds is 7. The van der Waals surface area contributed by atoms with Crippen LogP contribution in [0, 0.1) is 13.8 Å². The highest BCUT2D eigenvalue weighted by Crippen LogP contribution is 2.27. The predicted octanol–water partition coefficient (Wildman–Crippen LogP) is 4.34. The zero-order chi connectivity index (χ0) is 19.6. The molecule has 0 fully saturated rings. The molecule has 3 rings (SSSR count). The molecule has 0 aliphatic heterocycles. The number of ether oxygens (including phenoxy) is 2. The number of aryl methyl sites for hydroxylation is 2. The zero-order valence-electron chi connectivity index (χ0n) is 15.9. The molecule has 0 aliphatic rings. The first-order valence-electron chi connectivity index (χ1n) is 8.85. The fraction of sp³-hybridized carbons (Fsp3) is 0.333. The maximum absolute atomic E-state index is 12.6. The van der Waals surface area contributed by atoms with Crippen LogP contribution in [-0.4, -0.2) is 29.4 Å². The SMILES string of the molecule is Cc1cc(C(=O)COC(=O)c2oc3ccccc3c2COC(C)C)c(C)[nH]1. The van der Waals surface area contributed by atoms with Crippen molar-refractivity contribution in [1.29, 1.82) is 0 Å². The smallest absolute Gasteiger partial charge is 0.375 e. The average molecular weight is 369 g/mol. The molecule has 1 N–H and O–H groups in total. The summed E-state index contributed by atoms with van der Waals surface area (Å²) in [5.41, 5.74) is 3.37. The Labute approximate surface area is 157 Å². The second-order valence-electron chi connectivity index (χ2n) is 6.76. The lowest BCUT2D eigenvalue weighted by Gasteiger charge is -2.08. The van der Waals surface area contributed by atoms with E-state index in [9.17, 15) is 9.59 Å². The molecule has 0 radical (unpaired) electrons. The van der Waals surface area contributed by atoms with Gasteiger partial charge in [-0.1, -0.05) is 18.2 Å². The van der Waals surface area contributed by atoms with Crippen molar-refractivity contribution < 1.29 is 23.5 Å². The van der Waals surface area contributed by atoms with Crippen molar-refractivity contribution in [3.8, 4) is 0 Å². The normalized spacial score (nSPS) is 11.3. The van der Waals surface area contributed by atoms with Gasteiger partial charge in [-0.2, -0.15) is 0 Å².